The molecular formula is C29H29N3O3S2. The van der Waals surface area contributed by atoms with E-state index in [2.05, 4.69) is 23.5 Å². The van der Waals surface area contributed by atoms with E-state index in [-0.39, 0.29) is 12.5 Å². The second-order valence-electron chi connectivity index (χ2n) is 9.65. The smallest absolute Gasteiger partial charge is 0.341 e. The van der Waals surface area contributed by atoms with Crippen LogP contribution in [0.5, 0.6) is 0 Å². The van der Waals surface area contributed by atoms with Crippen LogP contribution in [-0.4, -0.2) is 23.5 Å². The van der Waals surface area contributed by atoms with Crippen molar-refractivity contribution in [3.63, 3.8) is 0 Å². The number of nitrogens with zero attached hydrogens (tertiary/aromatic N) is 1. The standard InChI is InChI=1S/C29H29N3O3S2/c1-2-35-29(34)22-19-14-13-16-9-7-8-11-18(16)24(19)36-28(22)32-26(33)25-23(30)20-15-17-10-5-3-4-6-12-21(17)31-27(20)37-25/h7-9,11,15H,2-6,10,12-14,30H2,1H3,(H,32,33). The van der Waals surface area contributed by atoms with Gasteiger partial charge in [-0.2, -0.15) is 0 Å². The molecule has 0 bridgehead atoms. The first-order valence-corrected chi connectivity index (χ1v) is 14.6. The van der Waals surface area contributed by atoms with Crippen LogP contribution in [0.25, 0.3) is 20.7 Å². The highest BCUT2D eigenvalue weighted by Crippen LogP contribution is 2.46. The van der Waals surface area contributed by atoms with Gasteiger partial charge in [-0.1, -0.05) is 37.1 Å². The third-order valence-corrected chi connectivity index (χ3v) is 9.62. The van der Waals surface area contributed by atoms with Crippen molar-refractivity contribution in [3.8, 4) is 10.4 Å². The number of rotatable bonds is 4. The lowest BCUT2D eigenvalue weighted by Crippen LogP contribution is -2.16. The molecule has 0 aliphatic heterocycles. The summed E-state index contributed by atoms with van der Waals surface area (Å²) in [7, 11) is 0. The molecule has 0 fully saturated rings. The van der Waals surface area contributed by atoms with Crippen molar-refractivity contribution >= 4 is 55.5 Å². The highest BCUT2D eigenvalue weighted by molar-refractivity contribution is 7.22. The van der Waals surface area contributed by atoms with E-state index in [1.165, 1.54) is 46.6 Å². The van der Waals surface area contributed by atoms with Crippen molar-refractivity contribution in [1.82, 2.24) is 4.98 Å². The number of anilines is 2. The number of thiophene rings is 2. The monoisotopic (exact) mass is 531 g/mol. The van der Waals surface area contributed by atoms with Gasteiger partial charge in [0.15, 0.2) is 0 Å². The largest absolute Gasteiger partial charge is 0.462 e. The van der Waals surface area contributed by atoms with Crippen molar-refractivity contribution in [2.75, 3.05) is 17.7 Å². The summed E-state index contributed by atoms with van der Waals surface area (Å²) in [5.41, 5.74) is 13.1. The third kappa shape index (κ3) is 4.32. The molecule has 8 heteroatoms. The van der Waals surface area contributed by atoms with E-state index >= 15 is 0 Å². The molecule has 0 unspecified atom stereocenters. The molecule has 0 saturated carbocycles. The number of nitrogens with two attached hydrogens (primary N) is 1. The zero-order chi connectivity index (χ0) is 25.5. The average molecular weight is 532 g/mol. The van der Waals surface area contributed by atoms with Gasteiger partial charge < -0.3 is 15.8 Å². The molecule has 3 N–H and O–H groups in total. The van der Waals surface area contributed by atoms with Crippen LogP contribution in [0.2, 0.25) is 0 Å². The van der Waals surface area contributed by atoms with E-state index in [1.54, 1.807) is 6.92 Å². The van der Waals surface area contributed by atoms with Crippen LogP contribution in [0.15, 0.2) is 30.3 Å². The number of aromatic nitrogens is 1. The minimum Gasteiger partial charge on any atom is -0.462 e. The number of ether oxygens (including phenoxy) is 1. The molecule has 0 radical (unpaired) electrons. The summed E-state index contributed by atoms with van der Waals surface area (Å²) in [5, 5.41) is 4.39. The van der Waals surface area contributed by atoms with Gasteiger partial charge in [0, 0.05) is 16.0 Å². The molecular weight excluding hydrogens is 502 g/mol. The van der Waals surface area contributed by atoms with Gasteiger partial charge in [-0.05, 0) is 73.8 Å². The zero-order valence-corrected chi connectivity index (χ0v) is 22.4. The van der Waals surface area contributed by atoms with E-state index in [0.29, 0.717) is 21.1 Å². The highest BCUT2D eigenvalue weighted by atomic mass is 32.1. The molecule has 1 aromatic carbocycles. The Morgan fingerprint density at radius 2 is 1.84 bits per heavy atom. The van der Waals surface area contributed by atoms with Gasteiger partial charge in [0.05, 0.1) is 17.9 Å². The van der Waals surface area contributed by atoms with Crippen LogP contribution in [0.1, 0.15) is 75.0 Å². The quantitative estimate of drug-likeness (QED) is 0.283. The molecule has 2 aliphatic carbocycles. The minimum atomic E-state index is -0.402. The average Bonchev–Trinajstić information content (AvgIpc) is 3.41. The Morgan fingerprint density at radius 3 is 2.68 bits per heavy atom. The first-order chi connectivity index (χ1) is 18.0. The second kappa shape index (κ2) is 9.91. The van der Waals surface area contributed by atoms with Crippen molar-refractivity contribution < 1.29 is 14.3 Å². The molecule has 3 aromatic heterocycles. The van der Waals surface area contributed by atoms with Gasteiger partial charge in [-0.25, -0.2) is 9.78 Å². The summed E-state index contributed by atoms with van der Waals surface area (Å²) in [6.07, 6.45) is 8.31. The predicted octanol–water partition coefficient (Wildman–Crippen LogP) is 6.79. The zero-order valence-electron chi connectivity index (χ0n) is 20.8. The maximum absolute atomic E-state index is 13.6. The highest BCUT2D eigenvalue weighted by Gasteiger charge is 2.30. The number of esters is 1. The van der Waals surface area contributed by atoms with Crippen LogP contribution in [0.3, 0.4) is 0 Å². The van der Waals surface area contributed by atoms with Crippen molar-refractivity contribution in [1.29, 1.82) is 0 Å². The van der Waals surface area contributed by atoms with Gasteiger partial charge in [-0.15, -0.1) is 22.7 Å². The fourth-order valence-corrected chi connectivity index (χ4v) is 7.77. The molecule has 37 heavy (non-hydrogen) atoms. The lowest BCUT2D eigenvalue weighted by atomic mass is 9.89. The van der Waals surface area contributed by atoms with Crippen molar-refractivity contribution in [2.45, 2.75) is 58.3 Å². The molecule has 0 spiro atoms. The Morgan fingerprint density at radius 1 is 1.03 bits per heavy atom. The Bertz CT molecular complexity index is 1540. The number of pyridine rings is 1. The molecule has 0 atom stereocenters. The summed E-state index contributed by atoms with van der Waals surface area (Å²) in [6.45, 7) is 2.06. The first kappa shape index (κ1) is 24.1. The number of nitrogen functional groups attached to an aromatic ring is 1. The van der Waals surface area contributed by atoms with E-state index in [0.717, 1.165) is 70.4 Å². The third-order valence-electron chi connectivity index (χ3n) is 7.33. The van der Waals surface area contributed by atoms with Crippen LogP contribution >= 0.6 is 22.7 Å². The van der Waals surface area contributed by atoms with Crippen LogP contribution in [-0.2, 0) is 30.4 Å². The number of carbonyl (C=O) groups is 2. The van der Waals surface area contributed by atoms with E-state index in [9.17, 15) is 9.59 Å². The van der Waals surface area contributed by atoms with E-state index in [4.69, 9.17) is 15.5 Å². The van der Waals surface area contributed by atoms with Crippen molar-refractivity contribution in [2.24, 2.45) is 0 Å². The number of hydrogen-bond acceptors (Lipinski definition) is 7. The predicted molar refractivity (Wildman–Crippen MR) is 151 cm³/mol. The molecule has 4 aromatic rings. The molecule has 0 saturated heterocycles. The van der Waals surface area contributed by atoms with E-state index < -0.39 is 5.97 Å². The Kier molecular flexibility index (Phi) is 6.46. The maximum Gasteiger partial charge on any atom is 0.341 e. The topological polar surface area (TPSA) is 94.3 Å². The Hall–Kier alpha value is -3.23. The van der Waals surface area contributed by atoms with Gasteiger partial charge in [0.1, 0.15) is 14.7 Å². The van der Waals surface area contributed by atoms with Crippen molar-refractivity contribution in [3.05, 3.63) is 63.2 Å². The van der Waals surface area contributed by atoms with Crippen LogP contribution in [0, 0.1) is 0 Å². The number of fused-ring (bicyclic) bond motifs is 5. The van der Waals surface area contributed by atoms with Gasteiger partial charge >= 0.3 is 5.97 Å². The lowest BCUT2D eigenvalue weighted by Gasteiger charge is -2.16. The fourth-order valence-electron chi connectivity index (χ4n) is 5.49. The second-order valence-corrected chi connectivity index (χ2v) is 11.7. The van der Waals surface area contributed by atoms with E-state index in [1.807, 2.05) is 12.1 Å². The maximum atomic E-state index is 13.6. The summed E-state index contributed by atoms with van der Waals surface area (Å²) in [4.78, 5) is 33.8. The van der Waals surface area contributed by atoms with Gasteiger partial charge in [-0.3, -0.25) is 4.79 Å². The summed E-state index contributed by atoms with van der Waals surface area (Å²) in [6, 6.07) is 10.4. The number of aryl methyl sites for hydroxylation is 3. The number of nitrogens with one attached hydrogen (secondary N) is 1. The number of hydrogen-bond donors (Lipinski definition) is 2. The molecule has 190 valence electrons. The molecule has 2 aliphatic rings. The number of benzene rings is 1. The first-order valence-electron chi connectivity index (χ1n) is 13.0. The van der Waals surface area contributed by atoms with Gasteiger partial charge in [0.25, 0.3) is 5.91 Å². The number of amides is 1. The summed E-state index contributed by atoms with van der Waals surface area (Å²) in [5.74, 6) is -0.717. The molecule has 6 rings (SSSR count). The summed E-state index contributed by atoms with van der Waals surface area (Å²) < 4.78 is 5.40. The summed E-state index contributed by atoms with van der Waals surface area (Å²) >= 11 is 2.76. The van der Waals surface area contributed by atoms with Gasteiger partial charge in [0.2, 0.25) is 0 Å². The Labute approximate surface area is 223 Å². The van der Waals surface area contributed by atoms with Crippen LogP contribution < -0.4 is 11.1 Å². The molecule has 1 amide bonds. The molecule has 3 heterocycles. The minimum absolute atomic E-state index is 0.271. The molecule has 6 nitrogen and oxygen atoms in total. The number of carbonyl (C=O) groups excluding carboxylic acids is 2. The SMILES string of the molecule is CCOC(=O)c1c(NC(=O)c2sc3nc4c(cc3c2N)CCCCCC4)sc2c1CCc1ccccc1-2. The van der Waals surface area contributed by atoms with Crippen LogP contribution in [0.4, 0.5) is 10.7 Å². The lowest BCUT2D eigenvalue weighted by molar-refractivity contribution is 0.0527. The fraction of sp³-hybridized carbons (Fsp3) is 0.345. The normalized spacial score (nSPS) is 14.7. The Balaban J connectivity index is 1.38.